The topological polar surface area (TPSA) is 53.5 Å². The normalized spacial score (nSPS) is 19.0. The number of ether oxygens (including phenoxy) is 1. The van der Waals surface area contributed by atoms with Crippen LogP contribution in [0.4, 0.5) is 11.6 Å². The fourth-order valence-corrected chi connectivity index (χ4v) is 3.81. The van der Waals surface area contributed by atoms with Gasteiger partial charge in [0.15, 0.2) is 5.82 Å². The molecule has 2 saturated heterocycles. The molecule has 1 aromatic carbocycles. The van der Waals surface area contributed by atoms with Gasteiger partial charge in [0.05, 0.1) is 13.2 Å². The molecular formula is C22H31N5O. The van der Waals surface area contributed by atoms with Crippen LogP contribution < -0.4 is 10.2 Å². The standard InChI is InChI=1S/C22H31N5O/c1-18-7-10-27(11-8-18)21-17-20(23-9-12-26-13-15-28-16-14-26)24-22(25-21)19-5-3-2-4-6-19/h2-6,17-18H,7-16H2,1H3,(H,23,24,25). The van der Waals surface area contributed by atoms with Crippen molar-refractivity contribution in [3.63, 3.8) is 0 Å². The lowest BCUT2D eigenvalue weighted by molar-refractivity contribution is 0.0398. The number of aromatic nitrogens is 2. The summed E-state index contributed by atoms with van der Waals surface area (Å²) in [6.45, 7) is 10.1. The third-order valence-electron chi connectivity index (χ3n) is 5.69. The highest BCUT2D eigenvalue weighted by Gasteiger charge is 2.19. The number of anilines is 2. The molecule has 1 aromatic heterocycles. The van der Waals surface area contributed by atoms with Crippen molar-refractivity contribution < 1.29 is 4.74 Å². The first-order valence-electron chi connectivity index (χ1n) is 10.5. The van der Waals surface area contributed by atoms with Crippen molar-refractivity contribution in [3.8, 4) is 11.4 Å². The number of nitrogens with zero attached hydrogens (tertiary/aromatic N) is 4. The van der Waals surface area contributed by atoms with E-state index in [2.05, 4.69) is 40.2 Å². The molecule has 2 aromatic rings. The molecule has 4 rings (SSSR count). The second-order valence-corrected chi connectivity index (χ2v) is 7.85. The lowest BCUT2D eigenvalue weighted by Gasteiger charge is -2.31. The Balaban J connectivity index is 1.50. The molecule has 150 valence electrons. The molecule has 6 nitrogen and oxygen atoms in total. The highest BCUT2D eigenvalue weighted by molar-refractivity contribution is 5.61. The summed E-state index contributed by atoms with van der Waals surface area (Å²) in [6.07, 6.45) is 2.45. The molecule has 1 N–H and O–H groups in total. The zero-order valence-corrected chi connectivity index (χ0v) is 16.8. The highest BCUT2D eigenvalue weighted by Crippen LogP contribution is 2.26. The first-order valence-corrected chi connectivity index (χ1v) is 10.5. The molecule has 6 heteroatoms. The molecule has 0 radical (unpaired) electrons. The van der Waals surface area contributed by atoms with Gasteiger partial charge in [-0.3, -0.25) is 4.90 Å². The number of benzene rings is 1. The van der Waals surface area contributed by atoms with E-state index >= 15 is 0 Å². The Morgan fingerprint density at radius 3 is 2.54 bits per heavy atom. The Morgan fingerprint density at radius 2 is 1.79 bits per heavy atom. The molecule has 0 aliphatic carbocycles. The predicted molar refractivity (Wildman–Crippen MR) is 114 cm³/mol. The Hall–Kier alpha value is -2.18. The van der Waals surface area contributed by atoms with E-state index in [-0.39, 0.29) is 0 Å². The highest BCUT2D eigenvalue weighted by atomic mass is 16.5. The number of rotatable bonds is 6. The van der Waals surface area contributed by atoms with Crippen LogP contribution in [0.25, 0.3) is 11.4 Å². The number of nitrogens with one attached hydrogen (secondary N) is 1. The maximum absolute atomic E-state index is 5.43. The summed E-state index contributed by atoms with van der Waals surface area (Å²) in [5.74, 6) is 3.55. The fourth-order valence-electron chi connectivity index (χ4n) is 3.81. The van der Waals surface area contributed by atoms with Crippen molar-refractivity contribution in [3.05, 3.63) is 36.4 Å². The van der Waals surface area contributed by atoms with Crippen LogP contribution in [0.15, 0.2) is 36.4 Å². The summed E-state index contributed by atoms with van der Waals surface area (Å²) >= 11 is 0. The third-order valence-corrected chi connectivity index (χ3v) is 5.69. The lowest BCUT2D eigenvalue weighted by atomic mass is 9.99. The van der Waals surface area contributed by atoms with Crippen LogP contribution in [-0.4, -0.2) is 67.4 Å². The van der Waals surface area contributed by atoms with Gasteiger partial charge in [-0.05, 0) is 18.8 Å². The number of hydrogen-bond acceptors (Lipinski definition) is 6. The lowest BCUT2D eigenvalue weighted by Crippen LogP contribution is -2.39. The van der Waals surface area contributed by atoms with Crippen molar-refractivity contribution in [1.29, 1.82) is 0 Å². The zero-order valence-electron chi connectivity index (χ0n) is 16.8. The van der Waals surface area contributed by atoms with Gasteiger partial charge in [-0.2, -0.15) is 0 Å². The third kappa shape index (κ3) is 5.00. The fraction of sp³-hybridized carbons (Fsp3) is 0.545. The second-order valence-electron chi connectivity index (χ2n) is 7.85. The van der Waals surface area contributed by atoms with E-state index < -0.39 is 0 Å². The van der Waals surface area contributed by atoms with Gasteiger partial charge in [0.2, 0.25) is 0 Å². The van der Waals surface area contributed by atoms with Crippen LogP contribution in [0.3, 0.4) is 0 Å². The average Bonchev–Trinajstić information content (AvgIpc) is 2.75. The summed E-state index contributed by atoms with van der Waals surface area (Å²) in [6, 6.07) is 12.4. The second kappa shape index (κ2) is 9.34. The Morgan fingerprint density at radius 1 is 1.04 bits per heavy atom. The van der Waals surface area contributed by atoms with Gasteiger partial charge in [-0.15, -0.1) is 0 Å². The molecule has 2 fully saturated rings. The van der Waals surface area contributed by atoms with E-state index in [9.17, 15) is 0 Å². The molecule has 0 spiro atoms. The molecule has 0 unspecified atom stereocenters. The Bertz CT molecular complexity index is 740. The SMILES string of the molecule is CC1CCN(c2cc(NCCN3CCOCC3)nc(-c3ccccc3)n2)CC1. The largest absolute Gasteiger partial charge is 0.379 e. The monoisotopic (exact) mass is 381 g/mol. The van der Waals surface area contributed by atoms with Crippen LogP contribution in [0.1, 0.15) is 19.8 Å². The van der Waals surface area contributed by atoms with Crippen molar-refractivity contribution in [2.45, 2.75) is 19.8 Å². The minimum absolute atomic E-state index is 0.797. The van der Waals surface area contributed by atoms with Gasteiger partial charge in [-0.1, -0.05) is 37.3 Å². The van der Waals surface area contributed by atoms with Crippen LogP contribution in [-0.2, 0) is 4.74 Å². The Kier molecular flexibility index (Phi) is 6.39. The van der Waals surface area contributed by atoms with E-state index in [1.165, 1.54) is 12.8 Å². The summed E-state index contributed by atoms with van der Waals surface area (Å²) in [7, 11) is 0. The van der Waals surface area contributed by atoms with Gasteiger partial charge in [0.25, 0.3) is 0 Å². The summed E-state index contributed by atoms with van der Waals surface area (Å²) < 4.78 is 5.43. The molecule has 2 aliphatic rings. The van der Waals surface area contributed by atoms with E-state index in [1.807, 2.05) is 18.2 Å². The van der Waals surface area contributed by atoms with Gasteiger partial charge < -0.3 is 15.0 Å². The predicted octanol–water partition coefficient (Wildman–Crippen LogP) is 3.12. The van der Waals surface area contributed by atoms with Crippen LogP contribution >= 0.6 is 0 Å². The maximum Gasteiger partial charge on any atom is 0.163 e. The molecule has 0 bridgehead atoms. The molecule has 0 saturated carbocycles. The van der Waals surface area contributed by atoms with Gasteiger partial charge in [-0.25, -0.2) is 9.97 Å². The van der Waals surface area contributed by atoms with E-state index in [4.69, 9.17) is 14.7 Å². The van der Waals surface area contributed by atoms with Crippen LogP contribution in [0.5, 0.6) is 0 Å². The van der Waals surface area contributed by atoms with Crippen molar-refractivity contribution in [2.75, 3.05) is 62.7 Å². The summed E-state index contributed by atoms with van der Waals surface area (Å²) in [5, 5.41) is 3.53. The van der Waals surface area contributed by atoms with E-state index in [0.29, 0.717) is 0 Å². The number of hydrogen-bond donors (Lipinski definition) is 1. The number of morpholine rings is 1. The number of piperidine rings is 1. The van der Waals surface area contributed by atoms with E-state index in [1.54, 1.807) is 0 Å². The van der Waals surface area contributed by atoms with Gasteiger partial charge in [0.1, 0.15) is 11.6 Å². The van der Waals surface area contributed by atoms with Crippen LogP contribution in [0, 0.1) is 5.92 Å². The first kappa shape index (κ1) is 19.2. The molecule has 3 heterocycles. The molecule has 0 atom stereocenters. The first-order chi connectivity index (χ1) is 13.8. The van der Waals surface area contributed by atoms with Crippen LogP contribution in [0.2, 0.25) is 0 Å². The molecule has 2 aliphatic heterocycles. The minimum Gasteiger partial charge on any atom is -0.379 e. The van der Waals surface area contributed by atoms with E-state index in [0.717, 1.165) is 81.4 Å². The van der Waals surface area contributed by atoms with Gasteiger partial charge in [0, 0.05) is 50.9 Å². The average molecular weight is 382 g/mol. The van der Waals surface area contributed by atoms with Crippen molar-refractivity contribution >= 4 is 11.6 Å². The smallest absolute Gasteiger partial charge is 0.163 e. The molecule has 0 amide bonds. The Labute approximate surface area is 167 Å². The zero-order chi connectivity index (χ0) is 19.2. The minimum atomic E-state index is 0.797. The molecular weight excluding hydrogens is 350 g/mol. The maximum atomic E-state index is 5.43. The molecule has 28 heavy (non-hydrogen) atoms. The quantitative estimate of drug-likeness (QED) is 0.830. The summed E-state index contributed by atoms with van der Waals surface area (Å²) in [4.78, 5) is 14.5. The van der Waals surface area contributed by atoms with Crippen molar-refractivity contribution in [1.82, 2.24) is 14.9 Å². The van der Waals surface area contributed by atoms with Gasteiger partial charge >= 0.3 is 0 Å². The summed E-state index contributed by atoms with van der Waals surface area (Å²) in [5.41, 5.74) is 1.06. The van der Waals surface area contributed by atoms with Crippen molar-refractivity contribution in [2.24, 2.45) is 5.92 Å².